The molecule has 142 valence electrons. The van der Waals surface area contributed by atoms with Crippen molar-refractivity contribution in [2.24, 2.45) is 0 Å². The number of hydrogen-bond acceptors (Lipinski definition) is 5. The number of amides is 1. The monoisotopic (exact) mass is 385 g/mol. The number of rotatable bonds is 7. The zero-order valence-corrected chi connectivity index (χ0v) is 16.7. The molecule has 0 spiro atoms. The largest absolute Gasteiger partial charge is 0.493 e. The molecule has 1 N–H and O–H groups in total. The zero-order valence-electron chi connectivity index (χ0n) is 15.9. The number of aryl methyl sites for hydroxylation is 3. The number of anilines is 1. The van der Waals surface area contributed by atoms with Crippen LogP contribution in [0.4, 0.5) is 5.69 Å². The van der Waals surface area contributed by atoms with Crippen molar-refractivity contribution in [2.75, 3.05) is 12.4 Å². The molecule has 3 aromatic rings. The quantitative estimate of drug-likeness (QED) is 0.654. The van der Waals surface area contributed by atoms with Crippen LogP contribution in [0.15, 0.2) is 35.8 Å². The van der Waals surface area contributed by atoms with Crippen molar-refractivity contribution in [2.45, 2.75) is 33.9 Å². The second kappa shape index (κ2) is 8.26. The third kappa shape index (κ3) is 4.49. The van der Waals surface area contributed by atoms with Crippen LogP contribution < -0.4 is 14.8 Å². The van der Waals surface area contributed by atoms with E-state index in [4.69, 9.17) is 9.47 Å². The normalized spacial score (nSPS) is 10.7. The molecular formula is C20H23N3O3S. The molecule has 0 radical (unpaired) electrons. The Balaban J connectivity index is 1.64. The van der Waals surface area contributed by atoms with Crippen LogP contribution in [0, 0.1) is 13.8 Å². The molecule has 0 aliphatic carbocycles. The summed E-state index contributed by atoms with van der Waals surface area (Å²) >= 11 is 1.39. The molecule has 0 saturated carbocycles. The van der Waals surface area contributed by atoms with E-state index < -0.39 is 0 Å². The fraction of sp³-hybridized carbons (Fsp3) is 0.300. The molecule has 0 fully saturated rings. The average Bonchev–Trinajstić information content (AvgIpc) is 3.27. The molecule has 3 rings (SSSR count). The predicted molar refractivity (Wildman–Crippen MR) is 107 cm³/mol. The third-order valence-corrected chi connectivity index (χ3v) is 5.09. The number of nitrogens with zero attached hydrogens (tertiary/aromatic N) is 2. The summed E-state index contributed by atoms with van der Waals surface area (Å²) in [6.45, 7) is 7.02. The molecular weight excluding hydrogens is 362 g/mol. The predicted octanol–water partition coefficient (Wildman–Crippen LogP) is 4.42. The minimum Gasteiger partial charge on any atom is -0.493 e. The van der Waals surface area contributed by atoms with E-state index in [0.717, 1.165) is 29.1 Å². The number of nitrogens with one attached hydrogen (secondary N) is 1. The number of carbonyl (C=O) groups is 1. The van der Waals surface area contributed by atoms with E-state index in [2.05, 4.69) is 10.4 Å². The summed E-state index contributed by atoms with van der Waals surface area (Å²) in [5, 5.41) is 9.19. The summed E-state index contributed by atoms with van der Waals surface area (Å²) < 4.78 is 13.0. The molecule has 1 amide bonds. The van der Waals surface area contributed by atoms with Crippen molar-refractivity contribution in [3.05, 3.63) is 57.5 Å². The first-order chi connectivity index (χ1) is 13.0. The summed E-state index contributed by atoms with van der Waals surface area (Å²) in [6.07, 6.45) is 1.84. The minimum absolute atomic E-state index is 0.141. The van der Waals surface area contributed by atoms with Crippen LogP contribution in [0.25, 0.3) is 0 Å². The maximum atomic E-state index is 12.5. The molecule has 6 nitrogen and oxygen atoms in total. The Kier molecular flexibility index (Phi) is 5.81. The Morgan fingerprint density at radius 2 is 2.07 bits per heavy atom. The zero-order chi connectivity index (χ0) is 19.4. The highest BCUT2D eigenvalue weighted by molar-refractivity contribution is 7.12. The van der Waals surface area contributed by atoms with Gasteiger partial charge >= 0.3 is 0 Å². The SMILES string of the molecule is CCn1cc(NC(=O)c2cc(COc3ccc(C)cc3OC)cs2)c(C)n1. The van der Waals surface area contributed by atoms with Gasteiger partial charge in [0.15, 0.2) is 11.5 Å². The topological polar surface area (TPSA) is 65.4 Å². The lowest BCUT2D eigenvalue weighted by Crippen LogP contribution is -2.10. The summed E-state index contributed by atoms with van der Waals surface area (Å²) in [4.78, 5) is 13.1. The second-order valence-corrected chi connectivity index (χ2v) is 7.11. The van der Waals surface area contributed by atoms with Gasteiger partial charge in [0, 0.05) is 18.3 Å². The highest BCUT2D eigenvalue weighted by Gasteiger charge is 2.13. The van der Waals surface area contributed by atoms with E-state index in [0.29, 0.717) is 23.0 Å². The van der Waals surface area contributed by atoms with Crippen LogP contribution in [-0.4, -0.2) is 22.8 Å². The van der Waals surface area contributed by atoms with E-state index in [9.17, 15) is 4.79 Å². The van der Waals surface area contributed by atoms with Gasteiger partial charge in [0.1, 0.15) is 6.61 Å². The van der Waals surface area contributed by atoms with E-state index >= 15 is 0 Å². The van der Waals surface area contributed by atoms with E-state index in [-0.39, 0.29) is 5.91 Å². The van der Waals surface area contributed by atoms with Crippen molar-refractivity contribution in [3.8, 4) is 11.5 Å². The van der Waals surface area contributed by atoms with E-state index in [1.54, 1.807) is 11.8 Å². The van der Waals surface area contributed by atoms with Gasteiger partial charge in [-0.25, -0.2) is 0 Å². The van der Waals surface area contributed by atoms with E-state index in [1.165, 1.54) is 11.3 Å². The minimum atomic E-state index is -0.141. The van der Waals surface area contributed by atoms with Crippen molar-refractivity contribution in [1.82, 2.24) is 9.78 Å². The Hall–Kier alpha value is -2.80. The second-order valence-electron chi connectivity index (χ2n) is 6.20. The smallest absolute Gasteiger partial charge is 0.265 e. The molecule has 0 aliphatic heterocycles. The van der Waals surface area contributed by atoms with Gasteiger partial charge in [-0.2, -0.15) is 5.10 Å². The fourth-order valence-electron chi connectivity index (χ4n) is 2.61. The van der Waals surface area contributed by atoms with Gasteiger partial charge in [0.05, 0.1) is 23.4 Å². The Morgan fingerprint density at radius 3 is 2.78 bits per heavy atom. The fourth-order valence-corrected chi connectivity index (χ4v) is 3.40. The highest BCUT2D eigenvalue weighted by atomic mass is 32.1. The van der Waals surface area contributed by atoms with Gasteiger partial charge in [-0.3, -0.25) is 9.48 Å². The standard InChI is InChI=1S/C20H23N3O3S/c1-5-23-10-16(14(3)22-23)21-20(24)19-9-15(12-27-19)11-26-17-7-6-13(2)8-18(17)25-4/h6-10,12H,5,11H2,1-4H3,(H,21,24). The lowest BCUT2D eigenvalue weighted by Gasteiger charge is -2.10. The van der Waals surface area contributed by atoms with Gasteiger partial charge in [-0.1, -0.05) is 6.07 Å². The number of benzene rings is 1. The van der Waals surface area contributed by atoms with Crippen LogP contribution in [0.2, 0.25) is 0 Å². The molecule has 0 bridgehead atoms. The van der Waals surface area contributed by atoms with Crippen molar-refractivity contribution in [1.29, 1.82) is 0 Å². The van der Waals surface area contributed by atoms with Gasteiger partial charge < -0.3 is 14.8 Å². The molecule has 27 heavy (non-hydrogen) atoms. The molecule has 2 heterocycles. The van der Waals surface area contributed by atoms with Gasteiger partial charge in [0.25, 0.3) is 5.91 Å². The molecule has 0 saturated heterocycles. The average molecular weight is 385 g/mol. The Morgan fingerprint density at radius 1 is 1.26 bits per heavy atom. The van der Waals surface area contributed by atoms with Gasteiger partial charge in [-0.05, 0) is 49.9 Å². The summed E-state index contributed by atoms with van der Waals surface area (Å²) in [7, 11) is 1.62. The van der Waals surface area contributed by atoms with Crippen LogP contribution in [0.3, 0.4) is 0 Å². The van der Waals surface area contributed by atoms with Gasteiger partial charge in [0.2, 0.25) is 0 Å². The summed E-state index contributed by atoms with van der Waals surface area (Å²) in [6, 6.07) is 7.65. The maximum Gasteiger partial charge on any atom is 0.265 e. The lowest BCUT2D eigenvalue weighted by atomic mass is 10.2. The van der Waals surface area contributed by atoms with Crippen molar-refractivity contribution < 1.29 is 14.3 Å². The summed E-state index contributed by atoms with van der Waals surface area (Å²) in [5.74, 6) is 1.24. The highest BCUT2D eigenvalue weighted by Crippen LogP contribution is 2.29. The number of aromatic nitrogens is 2. The molecule has 0 aliphatic rings. The van der Waals surface area contributed by atoms with Crippen LogP contribution in [-0.2, 0) is 13.2 Å². The first-order valence-electron chi connectivity index (χ1n) is 8.70. The van der Waals surface area contributed by atoms with Crippen molar-refractivity contribution in [3.63, 3.8) is 0 Å². The Labute approximate surface area is 162 Å². The maximum absolute atomic E-state index is 12.5. The first kappa shape index (κ1) is 19.0. The van der Waals surface area contributed by atoms with Crippen LogP contribution in [0.1, 0.15) is 33.4 Å². The molecule has 0 atom stereocenters. The number of thiophene rings is 1. The van der Waals surface area contributed by atoms with Crippen molar-refractivity contribution >= 4 is 22.9 Å². The molecule has 7 heteroatoms. The molecule has 0 unspecified atom stereocenters. The van der Waals surface area contributed by atoms with Crippen LogP contribution >= 0.6 is 11.3 Å². The van der Waals surface area contributed by atoms with Crippen LogP contribution in [0.5, 0.6) is 11.5 Å². The third-order valence-electron chi connectivity index (χ3n) is 4.11. The number of hydrogen-bond donors (Lipinski definition) is 1. The van der Waals surface area contributed by atoms with Gasteiger partial charge in [-0.15, -0.1) is 11.3 Å². The molecule has 1 aromatic carbocycles. The number of carbonyl (C=O) groups excluding carboxylic acids is 1. The number of ether oxygens (including phenoxy) is 2. The first-order valence-corrected chi connectivity index (χ1v) is 9.58. The van der Waals surface area contributed by atoms with E-state index in [1.807, 2.05) is 56.6 Å². The number of methoxy groups -OCH3 is 1. The summed E-state index contributed by atoms with van der Waals surface area (Å²) in [5.41, 5.74) is 3.58. The Bertz CT molecular complexity index is 946. The molecule has 2 aromatic heterocycles. The lowest BCUT2D eigenvalue weighted by molar-refractivity contribution is 0.103.